The van der Waals surface area contributed by atoms with Crippen LogP contribution in [0.25, 0.3) is 0 Å². The Morgan fingerprint density at radius 3 is 2.80 bits per heavy atom. The largest absolute Gasteiger partial charge is 0.497 e. The molecule has 0 bridgehead atoms. The van der Waals surface area contributed by atoms with Crippen molar-refractivity contribution in [2.75, 3.05) is 13.7 Å². The van der Waals surface area contributed by atoms with Crippen LogP contribution in [-0.2, 0) is 4.79 Å². The lowest BCUT2D eigenvalue weighted by molar-refractivity contribution is -0.130. The van der Waals surface area contributed by atoms with Gasteiger partial charge in [-0.2, -0.15) is 0 Å². The third-order valence-corrected chi connectivity index (χ3v) is 3.73. The van der Waals surface area contributed by atoms with Gasteiger partial charge in [-0.3, -0.25) is 10.1 Å². The fraction of sp³-hybridized carbons (Fsp3) is 0.562. The summed E-state index contributed by atoms with van der Waals surface area (Å²) in [6, 6.07) is 7.78. The van der Waals surface area contributed by atoms with E-state index in [2.05, 4.69) is 19.2 Å². The van der Waals surface area contributed by atoms with Gasteiger partial charge in [-0.05, 0) is 37.0 Å². The normalized spacial score (nSPS) is 22.6. The molecule has 1 aliphatic heterocycles. The molecule has 1 amide bonds. The van der Waals surface area contributed by atoms with Gasteiger partial charge in [-0.25, -0.2) is 0 Å². The highest BCUT2D eigenvalue weighted by atomic mass is 16.5. The quantitative estimate of drug-likeness (QED) is 0.898. The van der Waals surface area contributed by atoms with E-state index in [4.69, 9.17) is 4.74 Å². The Hall–Kier alpha value is -1.55. The molecule has 1 aromatic rings. The number of methoxy groups -OCH3 is 1. The molecule has 0 saturated carbocycles. The number of carbonyl (C=O) groups is 1. The number of nitrogens with one attached hydrogen (secondary N) is 1. The minimum absolute atomic E-state index is 0.0497. The Kier molecular flexibility index (Phi) is 4.65. The van der Waals surface area contributed by atoms with Gasteiger partial charge in [0.2, 0.25) is 5.91 Å². The molecule has 20 heavy (non-hydrogen) atoms. The van der Waals surface area contributed by atoms with Gasteiger partial charge in [-0.15, -0.1) is 0 Å². The molecule has 1 N–H and O–H groups in total. The molecule has 2 unspecified atom stereocenters. The highest BCUT2D eigenvalue weighted by Crippen LogP contribution is 2.28. The van der Waals surface area contributed by atoms with Crippen LogP contribution in [0.4, 0.5) is 0 Å². The predicted octanol–water partition coefficient (Wildman–Crippen LogP) is 2.56. The monoisotopic (exact) mass is 276 g/mol. The van der Waals surface area contributed by atoms with Gasteiger partial charge in [-0.1, -0.05) is 26.0 Å². The minimum Gasteiger partial charge on any atom is -0.497 e. The second-order valence-corrected chi connectivity index (χ2v) is 5.78. The van der Waals surface area contributed by atoms with Gasteiger partial charge in [0.25, 0.3) is 0 Å². The summed E-state index contributed by atoms with van der Waals surface area (Å²) in [4.78, 5) is 14.2. The molecule has 1 heterocycles. The van der Waals surface area contributed by atoms with Gasteiger partial charge in [0.15, 0.2) is 0 Å². The van der Waals surface area contributed by atoms with Crippen LogP contribution in [0.3, 0.4) is 0 Å². The van der Waals surface area contributed by atoms with Crippen LogP contribution >= 0.6 is 0 Å². The molecule has 2 rings (SSSR count). The molecular weight excluding hydrogens is 252 g/mol. The molecule has 1 fully saturated rings. The summed E-state index contributed by atoms with van der Waals surface area (Å²) in [6.07, 6.45) is 0.965. The van der Waals surface area contributed by atoms with Crippen molar-refractivity contribution in [2.24, 2.45) is 5.92 Å². The summed E-state index contributed by atoms with van der Waals surface area (Å²) in [5, 5.41) is 3.37. The fourth-order valence-corrected chi connectivity index (χ4v) is 2.50. The van der Waals surface area contributed by atoms with Gasteiger partial charge >= 0.3 is 0 Å². The maximum Gasteiger partial charge on any atom is 0.241 e. The van der Waals surface area contributed by atoms with E-state index in [-0.39, 0.29) is 18.1 Å². The first-order valence-electron chi connectivity index (χ1n) is 7.23. The first-order chi connectivity index (χ1) is 9.52. The van der Waals surface area contributed by atoms with Crippen LogP contribution in [0.5, 0.6) is 5.75 Å². The smallest absolute Gasteiger partial charge is 0.241 e. The zero-order valence-electron chi connectivity index (χ0n) is 12.7. The van der Waals surface area contributed by atoms with Crippen molar-refractivity contribution < 1.29 is 9.53 Å². The second kappa shape index (κ2) is 6.27. The Morgan fingerprint density at radius 2 is 2.15 bits per heavy atom. The molecule has 110 valence electrons. The highest BCUT2D eigenvalue weighted by molar-refractivity contribution is 5.84. The summed E-state index contributed by atoms with van der Waals surface area (Å²) < 4.78 is 5.27. The molecule has 0 spiro atoms. The third kappa shape index (κ3) is 3.12. The third-order valence-electron chi connectivity index (χ3n) is 3.73. The zero-order valence-corrected chi connectivity index (χ0v) is 12.7. The molecule has 0 aliphatic carbocycles. The average molecular weight is 276 g/mol. The van der Waals surface area contributed by atoms with Gasteiger partial charge in [0.05, 0.1) is 13.2 Å². The molecule has 1 saturated heterocycles. The molecule has 0 radical (unpaired) electrons. The van der Waals surface area contributed by atoms with Crippen molar-refractivity contribution in [1.82, 2.24) is 10.2 Å². The first kappa shape index (κ1) is 14.9. The first-order valence-corrected chi connectivity index (χ1v) is 7.23. The lowest BCUT2D eigenvalue weighted by atomic mass is 10.1. The molecule has 2 atom stereocenters. The molecule has 4 nitrogen and oxygen atoms in total. The Morgan fingerprint density at radius 1 is 1.40 bits per heavy atom. The van der Waals surface area contributed by atoms with Crippen LogP contribution in [0.15, 0.2) is 24.3 Å². The lowest BCUT2D eigenvalue weighted by Gasteiger charge is -2.25. The summed E-state index contributed by atoms with van der Waals surface area (Å²) in [5.41, 5.74) is 1.07. The van der Waals surface area contributed by atoms with Crippen molar-refractivity contribution in [3.8, 4) is 5.75 Å². The standard InChI is InChI=1S/C16H24N2O2/c1-11(2)8-9-18-15(17-12(3)16(18)19)13-6-5-7-14(10-13)20-4/h5-7,10-12,15,17H,8-9H2,1-4H3. The Labute approximate surface area is 121 Å². The topological polar surface area (TPSA) is 41.6 Å². The number of amides is 1. The van der Waals surface area contributed by atoms with E-state index in [9.17, 15) is 4.79 Å². The molecule has 4 heteroatoms. The zero-order chi connectivity index (χ0) is 14.7. The fourth-order valence-electron chi connectivity index (χ4n) is 2.50. The lowest BCUT2D eigenvalue weighted by Crippen LogP contribution is -2.32. The summed E-state index contributed by atoms with van der Waals surface area (Å²) in [7, 11) is 1.66. The molecule has 0 aromatic heterocycles. The van der Waals surface area contributed by atoms with Gasteiger partial charge < -0.3 is 9.64 Å². The maximum atomic E-state index is 12.3. The van der Waals surface area contributed by atoms with Crippen LogP contribution < -0.4 is 10.1 Å². The van der Waals surface area contributed by atoms with Crippen LogP contribution in [0, 0.1) is 5.92 Å². The summed E-state index contributed by atoms with van der Waals surface area (Å²) in [6.45, 7) is 7.07. The molecule has 1 aliphatic rings. The summed E-state index contributed by atoms with van der Waals surface area (Å²) in [5.74, 6) is 1.59. The van der Waals surface area contributed by atoms with Crippen molar-refractivity contribution in [2.45, 2.75) is 39.4 Å². The van der Waals surface area contributed by atoms with E-state index in [1.165, 1.54) is 0 Å². The number of ether oxygens (including phenoxy) is 1. The number of hydrogen-bond donors (Lipinski definition) is 1. The van der Waals surface area contributed by atoms with E-state index in [0.29, 0.717) is 5.92 Å². The van der Waals surface area contributed by atoms with Crippen molar-refractivity contribution in [1.29, 1.82) is 0 Å². The predicted molar refractivity (Wildman–Crippen MR) is 79.5 cm³/mol. The van der Waals surface area contributed by atoms with Crippen LogP contribution in [0.2, 0.25) is 0 Å². The Balaban J connectivity index is 2.20. The van der Waals surface area contributed by atoms with Crippen molar-refractivity contribution in [3.05, 3.63) is 29.8 Å². The SMILES string of the molecule is COc1cccc(C2NC(C)C(=O)N2CCC(C)C)c1. The number of benzene rings is 1. The average Bonchev–Trinajstić information content (AvgIpc) is 2.72. The van der Waals surface area contributed by atoms with Crippen LogP contribution in [-0.4, -0.2) is 30.5 Å². The van der Waals surface area contributed by atoms with E-state index in [0.717, 1.165) is 24.3 Å². The second-order valence-electron chi connectivity index (χ2n) is 5.78. The minimum atomic E-state index is -0.127. The number of nitrogens with zero attached hydrogens (tertiary/aromatic N) is 1. The van der Waals surface area contributed by atoms with Crippen LogP contribution in [0.1, 0.15) is 38.9 Å². The molecular formula is C16H24N2O2. The van der Waals surface area contributed by atoms with Gasteiger partial charge in [0, 0.05) is 6.54 Å². The van der Waals surface area contributed by atoms with Crippen molar-refractivity contribution in [3.63, 3.8) is 0 Å². The maximum absolute atomic E-state index is 12.3. The Bertz CT molecular complexity index is 473. The summed E-state index contributed by atoms with van der Waals surface area (Å²) >= 11 is 0. The highest BCUT2D eigenvalue weighted by Gasteiger charge is 2.36. The molecule has 1 aromatic carbocycles. The van der Waals surface area contributed by atoms with Gasteiger partial charge in [0.1, 0.15) is 11.9 Å². The number of carbonyl (C=O) groups excluding carboxylic acids is 1. The van der Waals surface area contributed by atoms with E-state index in [1.807, 2.05) is 36.1 Å². The van der Waals surface area contributed by atoms with Crippen molar-refractivity contribution >= 4 is 5.91 Å². The van der Waals surface area contributed by atoms with E-state index < -0.39 is 0 Å². The van der Waals surface area contributed by atoms with E-state index in [1.54, 1.807) is 7.11 Å². The van der Waals surface area contributed by atoms with E-state index >= 15 is 0 Å². The number of hydrogen-bond acceptors (Lipinski definition) is 3. The number of rotatable bonds is 5.